The van der Waals surface area contributed by atoms with Crippen molar-refractivity contribution in [3.05, 3.63) is 54.0 Å². The van der Waals surface area contributed by atoms with E-state index >= 15 is 0 Å². The predicted octanol–water partition coefficient (Wildman–Crippen LogP) is 1.55. The quantitative estimate of drug-likeness (QED) is 0.844. The molecule has 7 heteroatoms. The van der Waals surface area contributed by atoms with Crippen molar-refractivity contribution in [1.82, 2.24) is 10.0 Å². The van der Waals surface area contributed by atoms with E-state index in [0.29, 0.717) is 12.0 Å². The molecule has 2 rings (SSSR count). The van der Waals surface area contributed by atoms with Crippen molar-refractivity contribution in [3.8, 4) is 0 Å². The smallest absolute Gasteiger partial charge is 0.251 e. The fraction of sp³-hybridized carbons (Fsp3) is 0.267. The molecular formula is C15H18N2O4S. The van der Waals surface area contributed by atoms with Gasteiger partial charge in [-0.3, -0.25) is 4.79 Å². The molecule has 0 aliphatic heterocycles. The van der Waals surface area contributed by atoms with Gasteiger partial charge in [0.2, 0.25) is 10.0 Å². The van der Waals surface area contributed by atoms with E-state index in [1.165, 1.54) is 31.3 Å². The molecule has 1 amide bonds. The molecule has 0 saturated carbocycles. The zero-order valence-corrected chi connectivity index (χ0v) is 13.2. The number of carbonyl (C=O) groups excluding carboxylic acids is 1. The Kier molecular flexibility index (Phi) is 4.99. The maximum Gasteiger partial charge on any atom is 0.251 e. The lowest BCUT2D eigenvalue weighted by molar-refractivity contribution is 0.0939. The number of nitrogens with one attached hydrogen (secondary N) is 2. The summed E-state index contributed by atoms with van der Waals surface area (Å²) in [5, 5.41) is 2.84. The molecule has 0 radical (unpaired) electrons. The van der Waals surface area contributed by atoms with Gasteiger partial charge in [-0.2, -0.15) is 0 Å². The van der Waals surface area contributed by atoms with Crippen LogP contribution in [-0.4, -0.2) is 27.4 Å². The summed E-state index contributed by atoms with van der Waals surface area (Å²) in [6.07, 6.45) is 2.18. The van der Waals surface area contributed by atoms with Gasteiger partial charge in [-0.15, -0.1) is 0 Å². The fourth-order valence-corrected chi connectivity index (χ4v) is 2.72. The van der Waals surface area contributed by atoms with Gasteiger partial charge in [0.15, 0.2) is 0 Å². The number of furan rings is 1. The van der Waals surface area contributed by atoms with Gasteiger partial charge in [0, 0.05) is 18.0 Å². The van der Waals surface area contributed by atoms with Crippen LogP contribution < -0.4 is 10.0 Å². The molecule has 0 fully saturated rings. The monoisotopic (exact) mass is 322 g/mol. The molecule has 1 aromatic carbocycles. The van der Waals surface area contributed by atoms with Gasteiger partial charge in [0.05, 0.1) is 11.2 Å². The van der Waals surface area contributed by atoms with Gasteiger partial charge in [-0.25, -0.2) is 13.1 Å². The number of carbonyl (C=O) groups is 1. The molecule has 22 heavy (non-hydrogen) atoms. The molecule has 0 saturated heterocycles. The zero-order chi connectivity index (χ0) is 16.2. The van der Waals surface area contributed by atoms with Crippen LogP contribution >= 0.6 is 0 Å². The molecular weight excluding hydrogens is 304 g/mol. The fourth-order valence-electron chi connectivity index (χ4n) is 1.99. The van der Waals surface area contributed by atoms with Crippen molar-refractivity contribution in [2.24, 2.45) is 0 Å². The number of hydrogen-bond acceptors (Lipinski definition) is 4. The Morgan fingerprint density at radius 1 is 1.23 bits per heavy atom. The van der Waals surface area contributed by atoms with Gasteiger partial charge >= 0.3 is 0 Å². The average Bonchev–Trinajstić information content (AvgIpc) is 3.00. The molecule has 118 valence electrons. The predicted molar refractivity (Wildman–Crippen MR) is 82.0 cm³/mol. The van der Waals surface area contributed by atoms with Crippen molar-refractivity contribution in [2.45, 2.75) is 24.3 Å². The van der Waals surface area contributed by atoms with E-state index in [0.717, 1.165) is 5.76 Å². The van der Waals surface area contributed by atoms with Gasteiger partial charge in [-0.1, -0.05) is 0 Å². The third-order valence-corrected chi connectivity index (χ3v) is 4.59. The largest absolute Gasteiger partial charge is 0.469 e. The first-order valence-electron chi connectivity index (χ1n) is 6.79. The minimum Gasteiger partial charge on any atom is -0.469 e. The van der Waals surface area contributed by atoms with Crippen LogP contribution in [0.5, 0.6) is 0 Å². The van der Waals surface area contributed by atoms with E-state index in [9.17, 15) is 13.2 Å². The molecule has 1 heterocycles. The van der Waals surface area contributed by atoms with Gasteiger partial charge in [0.25, 0.3) is 5.91 Å². The molecule has 2 aromatic rings. The van der Waals surface area contributed by atoms with E-state index < -0.39 is 10.0 Å². The van der Waals surface area contributed by atoms with E-state index in [1.54, 1.807) is 12.3 Å². The highest BCUT2D eigenvalue weighted by molar-refractivity contribution is 7.89. The van der Waals surface area contributed by atoms with E-state index in [-0.39, 0.29) is 16.8 Å². The Labute approximate surface area is 129 Å². The maximum absolute atomic E-state index is 12.1. The topological polar surface area (TPSA) is 88.4 Å². The lowest BCUT2D eigenvalue weighted by atomic mass is 10.1. The summed E-state index contributed by atoms with van der Waals surface area (Å²) in [5.41, 5.74) is 0.404. The van der Waals surface area contributed by atoms with Gasteiger partial charge < -0.3 is 9.73 Å². The minimum absolute atomic E-state index is 0.0978. The molecule has 0 bridgehead atoms. The molecule has 0 spiro atoms. The number of hydrogen-bond donors (Lipinski definition) is 2. The Morgan fingerprint density at radius 3 is 2.45 bits per heavy atom. The molecule has 2 N–H and O–H groups in total. The molecule has 6 nitrogen and oxygen atoms in total. The lowest BCUT2D eigenvalue weighted by Crippen LogP contribution is -2.34. The summed E-state index contributed by atoms with van der Waals surface area (Å²) in [6.45, 7) is 1.88. The van der Waals surface area contributed by atoms with Crippen LogP contribution in [-0.2, 0) is 16.4 Å². The summed E-state index contributed by atoms with van der Waals surface area (Å²) in [7, 11) is -2.15. The SMILES string of the molecule is CNS(=O)(=O)c1ccc(C(=O)N[C@H](C)Cc2ccco2)cc1. The highest BCUT2D eigenvalue weighted by Crippen LogP contribution is 2.11. The average molecular weight is 322 g/mol. The number of benzene rings is 1. The second-order valence-corrected chi connectivity index (χ2v) is 6.78. The summed E-state index contributed by atoms with van der Waals surface area (Å²) < 4.78 is 30.7. The summed E-state index contributed by atoms with van der Waals surface area (Å²) in [4.78, 5) is 12.2. The first-order valence-corrected chi connectivity index (χ1v) is 8.27. The van der Waals surface area contributed by atoms with E-state index in [4.69, 9.17) is 4.42 Å². The summed E-state index contributed by atoms with van der Waals surface area (Å²) >= 11 is 0. The standard InChI is InChI=1S/C15H18N2O4S/c1-11(10-13-4-3-9-21-13)17-15(18)12-5-7-14(8-6-12)22(19,20)16-2/h3-9,11,16H,10H2,1-2H3,(H,17,18)/t11-/m1/s1. The Hall–Kier alpha value is -2.12. The maximum atomic E-state index is 12.1. The lowest BCUT2D eigenvalue weighted by Gasteiger charge is -2.12. The third kappa shape index (κ3) is 3.96. The van der Waals surface area contributed by atoms with Crippen LogP contribution in [0.25, 0.3) is 0 Å². The number of sulfonamides is 1. The number of amides is 1. The third-order valence-electron chi connectivity index (χ3n) is 3.16. The van der Waals surface area contributed by atoms with Gasteiger partial charge in [0.1, 0.15) is 5.76 Å². The van der Waals surface area contributed by atoms with E-state index in [2.05, 4.69) is 10.0 Å². The van der Waals surface area contributed by atoms with Gasteiger partial charge in [-0.05, 0) is 50.4 Å². The second kappa shape index (κ2) is 6.76. The summed E-state index contributed by atoms with van der Waals surface area (Å²) in [5.74, 6) is 0.538. The summed E-state index contributed by atoms with van der Waals surface area (Å²) in [6, 6.07) is 9.32. The van der Waals surface area contributed by atoms with Crippen molar-refractivity contribution in [2.75, 3.05) is 7.05 Å². The van der Waals surface area contributed by atoms with Crippen LogP contribution in [0, 0.1) is 0 Å². The van der Waals surface area contributed by atoms with Crippen molar-refractivity contribution < 1.29 is 17.6 Å². The molecule has 0 aliphatic carbocycles. The first kappa shape index (κ1) is 16.3. The van der Waals surface area contributed by atoms with Crippen molar-refractivity contribution in [1.29, 1.82) is 0 Å². The normalized spacial score (nSPS) is 12.8. The molecule has 0 aliphatic rings. The van der Waals surface area contributed by atoms with Crippen LogP contribution in [0.2, 0.25) is 0 Å². The van der Waals surface area contributed by atoms with Crippen LogP contribution in [0.1, 0.15) is 23.0 Å². The zero-order valence-electron chi connectivity index (χ0n) is 12.4. The molecule has 1 aromatic heterocycles. The molecule has 1 atom stereocenters. The Morgan fingerprint density at radius 2 is 1.91 bits per heavy atom. The van der Waals surface area contributed by atoms with E-state index in [1.807, 2.05) is 13.0 Å². The minimum atomic E-state index is -3.49. The molecule has 0 unspecified atom stereocenters. The van der Waals surface area contributed by atoms with Crippen LogP contribution in [0.3, 0.4) is 0 Å². The number of rotatable bonds is 6. The van der Waals surface area contributed by atoms with Crippen molar-refractivity contribution >= 4 is 15.9 Å². The second-order valence-electron chi connectivity index (χ2n) is 4.89. The highest BCUT2D eigenvalue weighted by Gasteiger charge is 2.14. The van der Waals surface area contributed by atoms with Crippen LogP contribution in [0.4, 0.5) is 0 Å². The van der Waals surface area contributed by atoms with Crippen LogP contribution in [0.15, 0.2) is 52.0 Å². The first-order chi connectivity index (χ1) is 10.4. The Balaban J connectivity index is 2.01. The Bertz CT molecular complexity index is 721. The van der Waals surface area contributed by atoms with Crippen molar-refractivity contribution in [3.63, 3.8) is 0 Å². The highest BCUT2D eigenvalue weighted by atomic mass is 32.2.